The van der Waals surface area contributed by atoms with Gasteiger partial charge in [-0.15, -0.1) is 0 Å². The molecule has 0 spiro atoms. The molecule has 0 radical (unpaired) electrons. The number of nitrogens with two attached hydrogens (primary N) is 1. The molecule has 0 atom stereocenters. The largest absolute Gasteiger partial charge is 0.348 e. The summed E-state index contributed by atoms with van der Waals surface area (Å²) in [5, 5.41) is 2.99. The van der Waals surface area contributed by atoms with Crippen LogP contribution in [0.25, 0.3) is 11.1 Å². The Bertz CT molecular complexity index is 828. The lowest BCUT2D eigenvalue weighted by atomic mass is 9.95. The summed E-state index contributed by atoms with van der Waals surface area (Å²) in [6.45, 7) is 0.947. The van der Waals surface area contributed by atoms with E-state index in [4.69, 9.17) is 5.73 Å². The third-order valence-corrected chi connectivity index (χ3v) is 4.00. The molecule has 3 rings (SSSR count). The number of rotatable bonds is 5. The molecule has 0 heterocycles. The molecule has 3 N–H and O–H groups in total. The molecule has 0 unspecified atom stereocenters. The fourth-order valence-corrected chi connectivity index (χ4v) is 2.75. The molecule has 3 aromatic rings. The first-order chi connectivity index (χ1) is 11.8. The molecule has 0 saturated heterocycles. The summed E-state index contributed by atoms with van der Waals surface area (Å²) >= 11 is 0. The van der Waals surface area contributed by atoms with E-state index in [-0.39, 0.29) is 5.91 Å². The molecular formula is C21H20N2O. The zero-order chi connectivity index (χ0) is 16.8. The summed E-state index contributed by atoms with van der Waals surface area (Å²) in [5.41, 5.74) is 10.5. The predicted octanol–water partition coefficient (Wildman–Crippen LogP) is 3.74. The minimum atomic E-state index is -0.0822. The zero-order valence-electron chi connectivity index (χ0n) is 13.4. The van der Waals surface area contributed by atoms with Crippen molar-refractivity contribution >= 4 is 5.91 Å². The molecule has 24 heavy (non-hydrogen) atoms. The first-order valence-electron chi connectivity index (χ1n) is 7.99. The first kappa shape index (κ1) is 16.0. The highest BCUT2D eigenvalue weighted by atomic mass is 16.1. The third kappa shape index (κ3) is 3.53. The zero-order valence-corrected chi connectivity index (χ0v) is 13.4. The van der Waals surface area contributed by atoms with E-state index in [0.29, 0.717) is 18.7 Å². The number of hydrogen-bond donors (Lipinski definition) is 2. The smallest absolute Gasteiger partial charge is 0.252 e. The lowest BCUT2D eigenvalue weighted by molar-refractivity contribution is 0.0951. The van der Waals surface area contributed by atoms with Gasteiger partial charge in [0.25, 0.3) is 5.91 Å². The van der Waals surface area contributed by atoms with Gasteiger partial charge in [-0.05, 0) is 28.3 Å². The summed E-state index contributed by atoms with van der Waals surface area (Å²) in [7, 11) is 0. The second-order valence-corrected chi connectivity index (χ2v) is 5.58. The van der Waals surface area contributed by atoms with Gasteiger partial charge in [-0.3, -0.25) is 4.79 Å². The van der Waals surface area contributed by atoms with Gasteiger partial charge in [-0.1, -0.05) is 72.8 Å². The van der Waals surface area contributed by atoms with Crippen molar-refractivity contribution in [1.29, 1.82) is 0 Å². The molecule has 0 saturated carbocycles. The van der Waals surface area contributed by atoms with E-state index in [2.05, 4.69) is 5.32 Å². The van der Waals surface area contributed by atoms with E-state index >= 15 is 0 Å². The molecule has 3 aromatic carbocycles. The fourth-order valence-electron chi connectivity index (χ4n) is 2.75. The standard InChI is InChI=1S/C21H20N2O/c22-14-17-10-4-5-11-18(17)19-12-6-7-13-20(19)21(24)23-15-16-8-2-1-3-9-16/h1-13H,14-15,22H2,(H,23,24). The Balaban J connectivity index is 1.87. The topological polar surface area (TPSA) is 55.1 Å². The van der Waals surface area contributed by atoms with E-state index in [9.17, 15) is 4.79 Å². The first-order valence-corrected chi connectivity index (χ1v) is 7.99. The highest BCUT2D eigenvalue weighted by Gasteiger charge is 2.14. The van der Waals surface area contributed by atoms with Gasteiger partial charge in [0.2, 0.25) is 0 Å². The van der Waals surface area contributed by atoms with Crippen molar-refractivity contribution in [2.45, 2.75) is 13.1 Å². The number of benzene rings is 3. The molecule has 0 aliphatic rings. The van der Waals surface area contributed by atoms with Crippen molar-refractivity contribution in [3.8, 4) is 11.1 Å². The number of carbonyl (C=O) groups excluding carboxylic acids is 1. The van der Waals surface area contributed by atoms with Crippen LogP contribution in [0.1, 0.15) is 21.5 Å². The van der Waals surface area contributed by atoms with Crippen LogP contribution in [0.3, 0.4) is 0 Å². The van der Waals surface area contributed by atoms with E-state index in [0.717, 1.165) is 22.3 Å². The Kier molecular flexibility index (Phi) is 5.04. The molecular weight excluding hydrogens is 296 g/mol. The van der Waals surface area contributed by atoms with E-state index < -0.39 is 0 Å². The van der Waals surface area contributed by atoms with Crippen molar-refractivity contribution in [2.24, 2.45) is 5.73 Å². The van der Waals surface area contributed by atoms with Crippen molar-refractivity contribution in [3.05, 3.63) is 95.6 Å². The lowest BCUT2D eigenvalue weighted by Crippen LogP contribution is -2.23. The second kappa shape index (κ2) is 7.57. The molecule has 0 aliphatic heterocycles. The van der Waals surface area contributed by atoms with Gasteiger partial charge in [0.1, 0.15) is 0 Å². The number of nitrogens with one attached hydrogen (secondary N) is 1. The van der Waals surface area contributed by atoms with E-state index in [1.165, 1.54) is 0 Å². The molecule has 120 valence electrons. The van der Waals surface area contributed by atoms with Crippen LogP contribution < -0.4 is 11.1 Å². The van der Waals surface area contributed by atoms with Gasteiger partial charge < -0.3 is 11.1 Å². The lowest BCUT2D eigenvalue weighted by Gasteiger charge is -2.13. The Hall–Kier alpha value is -2.91. The average Bonchev–Trinajstić information content (AvgIpc) is 2.67. The SMILES string of the molecule is NCc1ccccc1-c1ccccc1C(=O)NCc1ccccc1. The maximum absolute atomic E-state index is 12.7. The van der Waals surface area contributed by atoms with E-state index in [1.54, 1.807) is 0 Å². The van der Waals surface area contributed by atoms with Gasteiger partial charge in [-0.2, -0.15) is 0 Å². The summed E-state index contributed by atoms with van der Waals surface area (Å²) < 4.78 is 0. The van der Waals surface area contributed by atoms with Gasteiger partial charge in [0.15, 0.2) is 0 Å². The Morgan fingerprint density at radius 1 is 0.792 bits per heavy atom. The molecule has 0 aliphatic carbocycles. The van der Waals surface area contributed by atoms with Crippen LogP contribution in [0.2, 0.25) is 0 Å². The van der Waals surface area contributed by atoms with Crippen LogP contribution in [0, 0.1) is 0 Å². The number of hydrogen-bond acceptors (Lipinski definition) is 2. The highest BCUT2D eigenvalue weighted by molar-refractivity contribution is 6.01. The van der Waals surface area contributed by atoms with Crippen LogP contribution in [0.5, 0.6) is 0 Å². The minimum absolute atomic E-state index is 0.0822. The normalized spacial score (nSPS) is 10.4. The average molecular weight is 316 g/mol. The van der Waals surface area contributed by atoms with Crippen molar-refractivity contribution < 1.29 is 4.79 Å². The Morgan fingerprint density at radius 3 is 2.17 bits per heavy atom. The van der Waals surface area contributed by atoms with Crippen LogP contribution in [-0.2, 0) is 13.1 Å². The molecule has 1 amide bonds. The van der Waals surface area contributed by atoms with Gasteiger partial charge in [-0.25, -0.2) is 0 Å². The maximum Gasteiger partial charge on any atom is 0.252 e. The fraction of sp³-hybridized carbons (Fsp3) is 0.0952. The van der Waals surface area contributed by atoms with Gasteiger partial charge >= 0.3 is 0 Å². The van der Waals surface area contributed by atoms with Crippen molar-refractivity contribution in [2.75, 3.05) is 0 Å². The second-order valence-electron chi connectivity index (χ2n) is 5.58. The maximum atomic E-state index is 12.7. The Morgan fingerprint density at radius 2 is 1.42 bits per heavy atom. The molecule has 0 bridgehead atoms. The molecule has 0 aromatic heterocycles. The van der Waals surface area contributed by atoms with Crippen LogP contribution in [0.4, 0.5) is 0 Å². The molecule has 3 nitrogen and oxygen atoms in total. The molecule has 3 heteroatoms. The summed E-state index contributed by atoms with van der Waals surface area (Å²) in [5.74, 6) is -0.0822. The Labute approximate surface area is 142 Å². The minimum Gasteiger partial charge on any atom is -0.348 e. The van der Waals surface area contributed by atoms with Crippen molar-refractivity contribution in [1.82, 2.24) is 5.32 Å². The number of carbonyl (C=O) groups is 1. The quantitative estimate of drug-likeness (QED) is 0.753. The van der Waals surface area contributed by atoms with Crippen LogP contribution >= 0.6 is 0 Å². The van der Waals surface area contributed by atoms with Gasteiger partial charge in [0, 0.05) is 18.7 Å². The summed E-state index contributed by atoms with van der Waals surface area (Å²) in [4.78, 5) is 12.7. The highest BCUT2D eigenvalue weighted by Crippen LogP contribution is 2.27. The summed E-state index contributed by atoms with van der Waals surface area (Å²) in [6, 6.07) is 25.4. The number of amides is 1. The predicted molar refractivity (Wildman–Crippen MR) is 97.4 cm³/mol. The summed E-state index contributed by atoms with van der Waals surface area (Å²) in [6.07, 6.45) is 0. The van der Waals surface area contributed by atoms with Crippen LogP contribution in [0.15, 0.2) is 78.9 Å². The van der Waals surface area contributed by atoms with Gasteiger partial charge in [0.05, 0.1) is 0 Å². The van der Waals surface area contributed by atoms with Crippen LogP contribution in [-0.4, -0.2) is 5.91 Å². The van der Waals surface area contributed by atoms with E-state index in [1.807, 2.05) is 78.9 Å². The monoisotopic (exact) mass is 316 g/mol. The molecule has 0 fully saturated rings. The third-order valence-electron chi connectivity index (χ3n) is 4.00. The van der Waals surface area contributed by atoms with Crippen molar-refractivity contribution in [3.63, 3.8) is 0 Å².